The molecule has 1 aromatic rings. The first-order valence-corrected chi connectivity index (χ1v) is 8.11. The summed E-state index contributed by atoms with van der Waals surface area (Å²) in [6.45, 7) is 7.19. The Morgan fingerprint density at radius 3 is 2.67 bits per heavy atom. The van der Waals surface area contributed by atoms with Gasteiger partial charge in [0.2, 0.25) is 0 Å². The molecule has 0 saturated heterocycles. The number of nitrogens with zero attached hydrogens (tertiary/aromatic N) is 2. The topological polar surface area (TPSA) is 60.9 Å². The Bertz CT molecular complexity index is 389. The van der Waals surface area contributed by atoms with E-state index in [0.29, 0.717) is 5.92 Å². The number of hydrogen-bond acceptors (Lipinski definition) is 3. The molecule has 104 valence electrons. The lowest BCUT2D eigenvalue weighted by molar-refractivity contribution is 0.479. The van der Waals surface area contributed by atoms with Crippen LogP contribution in [0.15, 0.2) is 12.5 Å². The van der Waals surface area contributed by atoms with Crippen LogP contribution in [0, 0.1) is 5.92 Å². The van der Waals surface area contributed by atoms with Crippen molar-refractivity contribution in [1.82, 2.24) is 9.55 Å². The number of aromatic nitrogens is 2. The van der Waals surface area contributed by atoms with Gasteiger partial charge >= 0.3 is 0 Å². The molecule has 18 heavy (non-hydrogen) atoms. The predicted octanol–water partition coefficient (Wildman–Crippen LogP) is 2.09. The van der Waals surface area contributed by atoms with Crippen LogP contribution in [0.25, 0.3) is 0 Å². The Morgan fingerprint density at radius 1 is 1.44 bits per heavy atom. The van der Waals surface area contributed by atoms with Crippen molar-refractivity contribution >= 4 is 10.8 Å². The van der Waals surface area contributed by atoms with Gasteiger partial charge in [-0.25, -0.2) is 4.98 Å². The second-order valence-corrected chi connectivity index (χ2v) is 7.15. The SMILES string of the molecule is CC(C)CC(N)c1cncn1CCC(C)S(C)=O. The van der Waals surface area contributed by atoms with Gasteiger partial charge < -0.3 is 10.3 Å². The molecule has 3 unspecified atom stereocenters. The molecule has 0 aliphatic rings. The standard InChI is InChI=1S/C13H25N3OS/c1-10(2)7-12(14)13-8-15-9-16(13)6-5-11(3)18(4)17/h8-12H,5-7,14H2,1-4H3. The summed E-state index contributed by atoms with van der Waals surface area (Å²) in [5.74, 6) is 0.574. The molecule has 2 N–H and O–H groups in total. The summed E-state index contributed by atoms with van der Waals surface area (Å²) in [6.07, 6.45) is 7.27. The van der Waals surface area contributed by atoms with Gasteiger partial charge in [-0.05, 0) is 18.8 Å². The average Bonchev–Trinajstić information content (AvgIpc) is 2.72. The van der Waals surface area contributed by atoms with Crippen molar-refractivity contribution in [3.8, 4) is 0 Å². The Kier molecular flexibility index (Phi) is 6.02. The molecule has 4 nitrogen and oxygen atoms in total. The van der Waals surface area contributed by atoms with E-state index in [4.69, 9.17) is 5.73 Å². The van der Waals surface area contributed by atoms with Gasteiger partial charge in [0, 0.05) is 41.1 Å². The van der Waals surface area contributed by atoms with E-state index in [9.17, 15) is 4.21 Å². The van der Waals surface area contributed by atoms with E-state index in [1.807, 2.05) is 19.4 Å². The molecular weight excluding hydrogens is 246 g/mol. The maximum Gasteiger partial charge on any atom is 0.0948 e. The highest BCUT2D eigenvalue weighted by atomic mass is 32.2. The summed E-state index contributed by atoms with van der Waals surface area (Å²) >= 11 is 0. The van der Waals surface area contributed by atoms with Crippen molar-refractivity contribution in [2.75, 3.05) is 6.26 Å². The van der Waals surface area contributed by atoms with E-state index in [1.54, 1.807) is 6.26 Å². The molecule has 3 atom stereocenters. The maximum atomic E-state index is 11.3. The molecule has 1 aromatic heterocycles. The van der Waals surface area contributed by atoms with Crippen molar-refractivity contribution in [2.24, 2.45) is 11.7 Å². The molecule has 5 heteroatoms. The molecule has 0 fully saturated rings. The molecule has 0 spiro atoms. The van der Waals surface area contributed by atoms with Gasteiger partial charge in [-0.2, -0.15) is 0 Å². The monoisotopic (exact) mass is 271 g/mol. The minimum atomic E-state index is -0.763. The Hall–Kier alpha value is -0.680. The molecular formula is C13H25N3OS. The molecule has 0 saturated carbocycles. The zero-order chi connectivity index (χ0) is 13.7. The van der Waals surface area contributed by atoms with E-state index in [2.05, 4.69) is 23.4 Å². The third kappa shape index (κ3) is 4.53. The van der Waals surface area contributed by atoms with Gasteiger partial charge in [-0.15, -0.1) is 0 Å². The van der Waals surface area contributed by atoms with Crippen molar-refractivity contribution in [3.63, 3.8) is 0 Å². The Balaban J connectivity index is 2.62. The molecule has 1 rings (SSSR count). The highest BCUT2D eigenvalue weighted by molar-refractivity contribution is 7.84. The van der Waals surface area contributed by atoms with Gasteiger partial charge in [-0.3, -0.25) is 4.21 Å². The fourth-order valence-electron chi connectivity index (χ4n) is 1.94. The lowest BCUT2D eigenvalue weighted by Crippen LogP contribution is -2.19. The molecule has 0 aliphatic carbocycles. The van der Waals surface area contributed by atoms with Crippen LogP contribution in [0.2, 0.25) is 0 Å². The third-order valence-corrected chi connectivity index (χ3v) is 4.56. The molecule has 0 radical (unpaired) electrons. The summed E-state index contributed by atoms with van der Waals surface area (Å²) in [6, 6.07) is 0.0370. The van der Waals surface area contributed by atoms with E-state index < -0.39 is 10.8 Å². The summed E-state index contributed by atoms with van der Waals surface area (Å²) < 4.78 is 13.4. The van der Waals surface area contributed by atoms with Crippen LogP contribution in [0.3, 0.4) is 0 Å². The Labute approximate surface area is 112 Å². The average molecular weight is 271 g/mol. The van der Waals surface area contributed by atoms with Crippen molar-refractivity contribution in [1.29, 1.82) is 0 Å². The minimum absolute atomic E-state index is 0.0370. The number of rotatable bonds is 7. The molecule has 0 bridgehead atoms. The zero-order valence-corrected chi connectivity index (χ0v) is 12.6. The van der Waals surface area contributed by atoms with E-state index in [-0.39, 0.29) is 11.3 Å². The molecule has 1 heterocycles. The van der Waals surface area contributed by atoms with Crippen LogP contribution in [0.1, 0.15) is 45.3 Å². The van der Waals surface area contributed by atoms with Crippen molar-refractivity contribution in [3.05, 3.63) is 18.2 Å². The van der Waals surface area contributed by atoms with Gasteiger partial charge in [0.05, 0.1) is 12.0 Å². The summed E-state index contributed by atoms with van der Waals surface area (Å²) in [7, 11) is -0.763. The zero-order valence-electron chi connectivity index (χ0n) is 11.8. The number of aryl methyl sites for hydroxylation is 1. The van der Waals surface area contributed by atoms with Gasteiger partial charge in [0.1, 0.15) is 0 Å². The largest absolute Gasteiger partial charge is 0.333 e. The van der Waals surface area contributed by atoms with Crippen LogP contribution in [-0.4, -0.2) is 25.3 Å². The van der Waals surface area contributed by atoms with E-state index in [0.717, 1.165) is 25.1 Å². The van der Waals surface area contributed by atoms with Gasteiger partial charge in [0.25, 0.3) is 0 Å². The van der Waals surface area contributed by atoms with Crippen LogP contribution in [-0.2, 0) is 17.3 Å². The number of nitrogens with two attached hydrogens (primary N) is 1. The Morgan fingerprint density at radius 2 is 2.11 bits per heavy atom. The van der Waals surface area contributed by atoms with Crippen LogP contribution in [0.4, 0.5) is 0 Å². The summed E-state index contributed by atoms with van der Waals surface area (Å²) in [4.78, 5) is 4.18. The van der Waals surface area contributed by atoms with Crippen LogP contribution in [0.5, 0.6) is 0 Å². The van der Waals surface area contributed by atoms with Crippen molar-refractivity contribution < 1.29 is 4.21 Å². The fourth-order valence-corrected chi connectivity index (χ4v) is 2.38. The van der Waals surface area contributed by atoms with Crippen molar-refractivity contribution in [2.45, 2.75) is 51.4 Å². The molecule has 0 amide bonds. The van der Waals surface area contributed by atoms with Crippen LogP contribution < -0.4 is 5.73 Å². The summed E-state index contributed by atoms with van der Waals surface area (Å²) in [5.41, 5.74) is 7.27. The maximum absolute atomic E-state index is 11.3. The first-order chi connectivity index (χ1) is 8.41. The molecule has 0 aliphatic heterocycles. The van der Waals surface area contributed by atoms with Gasteiger partial charge in [-0.1, -0.05) is 20.8 Å². The lowest BCUT2D eigenvalue weighted by atomic mass is 10.0. The number of hydrogen-bond donors (Lipinski definition) is 1. The fraction of sp³-hybridized carbons (Fsp3) is 0.769. The second-order valence-electron chi connectivity index (χ2n) is 5.35. The first kappa shape index (κ1) is 15.4. The van der Waals surface area contributed by atoms with Crippen LogP contribution >= 0.6 is 0 Å². The smallest absolute Gasteiger partial charge is 0.0948 e. The van der Waals surface area contributed by atoms with Gasteiger partial charge in [0.15, 0.2) is 0 Å². The predicted molar refractivity (Wildman–Crippen MR) is 76.8 cm³/mol. The lowest BCUT2D eigenvalue weighted by Gasteiger charge is -2.17. The third-order valence-electron chi connectivity index (χ3n) is 3.19. The quantitative estimate of drug-likeness (QED) is 0.826. The minimum Gasteiger partial charge on any atom is -0.333 e. The number of imidazole rings is 1. The highest BCUT2D eigenvalue weighted by Crippen LogP contribution is 2.19. The molecule has 0 aromatic carbocycles. The summed E-state index contributed by atoms with van der Waals surface area (Å²) in [5, 5.41) is 0.210. The highest BCUT2D eigenvalue weighted by Gasteiger charge is 2.14. The van der Waals surface area contributed by atoms with E-state index in [1.165, 1.54) is 0 Å². The normalized spacial score (nSPS) is 16.8. The second kappa shape index (κ2) is 7.04. The van der Waals surface area contributed by atoms with E-state index >= 15 is 0 Å². The first-order valence-electron chi connectivity index (χ1n) is 6.49.